The number of nitrogens with one attached hydrogen (secondary N) is 1. The van der Waals surface area contributed by atoms with Crippen LogP contribution >= 0.6 is 23.1 Å². The average molecular weight is 524 g/mol. The molecule has 0 radical (unpaired) electrons. The summed E-state index contributed by atoms with van der Waals surface area (Å²) in [6.07, 6.45) is 6.30. The molecular weight excluding hydrogens is 490 g/mol. The molecule has 1 amide bonds. The summed E-state index contributed by atoms with van der Waals surface area (Å²) in [7, 11) is 0. The lowest BCUT2D eigenvalue weighted by atomic mass is 9.97. The number of carbonyl (C=O) groups is 1. The number of amides is 1. The smallest absolute Gasteiger partial charge is 0.235 e. The summed E-state index contributed by atoms with van der Waals surface area (Å²) >= 11 is 2.91. The Morgan fingerprint density at radius 2 is 2.00 bits per heavy atom. The molecule has 9 heteroatoms. The van der Waals surface area contributed by atoms with E-state index in [1.165, 1.54) is 40.6 Å². The van der Waals surface area contributed by atoms with Gasteiger partial charge in [-0.15, -0.1) is 21.5 Å². The number of anilines is 1. The molecular formula is C27H33N5O2S2. The van der Waals surface area contributed by atoms with E-state index in [-0.39, 0.29) is 17.8 Å². The predicted octanol–water partition coefficient (Wildman–Crippen LogP) is 6.38. The number of hydrogen-bond donors (Lipinski definition) is 1. The Bertz CT molecular complexity index is 1270. The number of thiophene rings is 1. The van der Waals surface area contributed by atoms with Gasteiger partial charge in [-0.2, -0.15) is 5.26 Å². The molecule has 0 aliphatic heterocycles. The minimum Gasteiger partial charge on any atom is -0.483 e. The molecule has 7 nitrogen and oxygen atoms in total. The third kappa shape index (κ3) is 5.93. The lowest BCUT2D eigenvalue weighted by Crippen LogP contribution is -2.15. The monoisotopic (exact) mass is 523 g/mol. The Morgan fingerprint density at radius 1 is 1.22 bits per heavy atom. The van der Waals surface area contributed by atoms with E-state index in [9.17, 15) is 10.1 Å². The number of aryl methyl sites for hydroxylation is 3. The number of thioether (sulfide) groups is 1. The van der Waals surface area contributed by atoms with Crippen LogP contribution in [-0.4, -0.2) is 26.4 Å². The van der Waals surface area contributed by atoms with Crippen LogP contribution in [0.1, 0.15) is 78.6 Å². The van der Waals surface area contributed by atoms with Crippen LogP contribution in [0.15, 0.2) is 23.4 Å². The number of aromatic nitrogens is 3. The second kappa shape index (κ2) is 11.9. The summed E-state index contributed by atoms with van der Waals surface area (Å²) < 4.78 is 8.13. The molecule has 0 spiro atoms. The Kier molecular flexibility index (Phi) is 8.70. The summed E-state index contributed by atoms with van der Waals surface area (Å²) in [5.41, 5.74) is 4.18. The van der Waals surface area contributed by atoms with Crippen molar-refractivity contribution >= 4 is 34.0 Å². The summed E-state index contributed by atoms with van der Waals surface area (Å²) in [5.74, 6) is 1.57. The van der Waals surface area contributed by atoms with E-state index in [1.807, 2.05) is 36.6 Å². The zero-order valence-corrected chi connectivity index (χ0v) is 23.0. The predicted molar refractivity (Wildman–Crippen MR) is 145 cm³/mol. The third-order valence-corrected chi connectivity index (χ3v) is 8.76. The zero-order valence-electron chi connectivity index (χ0n) is 21.4. The van der Waals surface area contributed by atoms with Crippen molar-refractivity contribution in [2.24, 2.45) is 0 Å². The maximum atomic E-state index is 12.8. The normalized spacial score (nSPS) is 14.3. The molecule has 190 valence electrons. The van der Waals surface area contributed by atoms with E-state index in [0.29, 0.717) is 22.3 Å². The quantitative estimate of drug-likeness (QED) is 0.345. The third-order valence-electron chi connectivity index (χ3n) is 6.58. The van der Waals surface area contributed by atoms with E-state index in [1.54, 1.807) is 11.3 Å². The summed E-state index contributed by atoms with van der Waals surface area (Å²) in [4.78, 5) is 14.1. The number of fused-ring (bicyclic) bond motifs is 1. The van der Waals surface area contributed by atoms with Crippen LogP contribution in [0.5, 0.6) is 5.75 Å². The summed E-state index contributed by atoms with van der Waals surface area (Å²) in [5, 5.41) is 22.8. The zero-order chi connectivity index (χ0) is 25.7. The van der Waals surface area contributed by atoms with Crippen molar-refractivity contribution in [3.05, 3.63) is 51.2 Å². The molecule has 1 N–H and O–H groups in total. The van der Waals surface area contributed by atoms with E-state index >= 15 is 0 Å². The summed E-state index contributed by atoms with van der Waals surface area (Å²) in [6, 6.07) is 8.38. The highest BCUT2D eigenvalue weighted by Crippen LogP contribution is 2.36. The van der Waals surface area contributed by atoms with Gasteiger partial charge >= 0.3 is 0 Å². The molecule has 1 unspecified atom stereocenters. The molecule has 0 fully saturated rings. The van der Waals surface area contributed by atoms with Crippen molar-refractivity contribution < 1.29 is 9.53 Å². The van der Waals surface area contributed by atoms with Crippen LogP contribution in [0, 0.1) is 25.2 Å². The van der Waals surface area contributed by atoms with Crippen LogP contribution in [0.4, 0.5) is 5.00 Å². The molecule has 0 bridgehead atoms. The lowest BCUT2D eigenvalue weighted by Gasteiger charge is -2.16. The van der Waals surface area contributed by atoms with Crippen LogP contribution in [0.2, 0.25) is 0 Å². The minimum absolute atomic E-state index is 0.141. The van der Waals surface area contributed by atoms with E-state index in [0.717, 1.165) is 42.8 Å². The first-order chi connectivity index (χ1) is 17.4. The van der Waals surface area contributed by atoms with E-state index in [2.05, 4.69) is 35.4 Å². The van der Waals surface area contributed by atoms with Gasteiger partial charge in [0.1, 0.15) is 16.8 Å². The van der Waals surface area contributed by atoms with Crippen LogP contribution in [0.3, 0.4) is 0 Å². The average Bonchev–Trinajstić information content (AvgIpc) is 3.40. The number of nitrogens with zero attached hydrogens (tertiary/aromatic N) is 4. The van der Waals surface area contributed by atoms with Gasteiger partial charge in [-0.05, 0) is 82.2 Å². The second-order valence-electron chi connectivity index (χ2n) is 9.16. The number of benzene rings is 1. The lowest BCUT2D eigenvalue weighted by molar-refractivity contribution is -0.113. The summed E-state index contributed by atoms with van der Waals surface area (Å²) in [6.45, 7) is 8.80. The van der Waals surface area contributed by atoms with Gasteiger partial charge in [0, 0.05) is 11.4 Å². The van der Waals surface area contributed by atoms with Gasteiger partial charge in [-0.3, -0.25) is 4.79 Å². The highest BCUT2D eigenvalue weighted by molar-refractivity contribution is 7.99. The molecule has 1 atom stereocenters. The molecule has 1 aliphatic carbocycles. The second-order valence-corrected chi connectivity index (χ2v) is 11.2. The highest BCUT2D eigenvalue weighted by Gasteiger charge is 2.22. The maximum absolute atomic E-state index is 12.8. The molecule has 2 heterocycles. The van der Waals surface area contributed by atoms with Gasteiger partial charge in [-0.1, -0.05) is 30.7 Å². The van der Waals surface area contributed by atoms with Crippen molar-refractivity contribution in [1.29, 1.82) is 5.26 Å². The number of carbonyl (C=O) groups excluding carboxylic acids is 1. The first kappa shape index (κ1) is 26.2. The van der Waals surface area contributed by atoms with E-state index in [4.69, 9.17) is 4.74 Å². The van der Waals surface area contributed by atoms with E-state index < -0.39 is 0 Å². The fourth-order valence-electron chi connectivity index (χ4n) is 4.47. The van der Waals surface area contributed by atoms with Gasteiger partial charge < -0.3 is 14.6 Å². The van der Waals surface area contributed by atoms with Gasteiger partial charge in [0.15, 0.2) is 17.1 Å². The number of hydrogen-bond acceptors (Lipinski definition) is 7. The SMILES string of the molecule is CCn1c(SCC(=O)Nc2sc3c(c2C#N)CCCCCC3)nnc1C(C)Oc1ccc(C)c(C)c1. The molecule has 1 aromatic carbocycles. The number of rotatable bonds is 8. The van der Waals surface area contributed by atoms with Crippen LogP contribution in [0.25, 0.3) is 0 Å². The molecule has 0 saturated carbocycles. The minimum atomic E-state index is -0.286. The number of nitriles is 1. The van der Waals surface area contributed by atoms with Crippen LogP contribution < -0.4 is 10.1 Å². The number of ether oxygens (including phenoxy) is 1. The Morgan fingerprint density at radius 3 is 2.72 bits per heavy atom. The van der Waals surface area contributed by atoms with Crippen molar-refractivity contribution in [2.45, 2.75) is 84.0 Å². The maximum Gasteiger partial charge on any atom is 0.235 e. The topological polar surface area (TPSA) is 92.8 Å². The first-order valence-electron chi connectivity index (χ1n) is 12.6. The Labute approximate surface area is 221 Å². The van der Waals surface area contributed by atoms with Crippen molar-refractivity contribution in [3.63, 3.8) is 0 Å². The molecule has 4 rings (SSSR count). The fraction of sp³-hybridized carbons (Fsp3) is 0.481. The van der Waals surface area contributed by atoms with Crippen molar-refractivity contribution in [1.82, 2.24) is 14.8 Å². The standard InChI is InChI=1S/C27H33N5O2S2/c1-5-32-25(19(4)34-20-13-12-17(2)18(3)14-20)30-31-27(32)35-16-24(33)29-26-22(15-28)21-10-8-6-7-9-11-23(21)36-26/h12-14,19H,5-11,16H2,1-4H3,(H,29,33). The molecule has 3 aromatic rings. The highest BCUT2D eigenvalue weighted by atomic mass is 32.2. The van der Waals surface area contributed by atoms with Gasteiger partial charge in [0.25, 0.3) is 0 Å². The molecule has 2 aromatic heterocycles. The Balaban J connectivity index is 1.41. The fourth-order valence-corrected chi connectivity index (χ4v) is 6.53. The van der Waals surface area contributed by atoms with Crippen LogP contribution in [-0.2, 0) is 24.2 Å². The largest absolute Gasteiger partial charge is 0.483 e. The van der Waals surface area contributed by atoms with Crippen molar-refractivity contribution in [2.75, 3.05) is 11.1 Å². The first-order valence-corrected chi connectivity index (χ1v) is 14.4. The molecule has 1 aliphatic rings. The Hall–Kier alpha value is -2.83. The van der Waals surface area contributed by atoms with Gasteiger partial charge in [0.2, 0.25) is 5.91 Å². The van der Waals surface area contributed by atoms with Crippen molar-refractivity contribution in [3.8, 4) is 11.8 Å². The van der Waals surface area contributed by atoms with Gasteiger partial charge in [0.05, 0.1) is 11.3 Å². The van der Waals surface area contributed by atoms with Gasteiger partial charge in [-0.25, -0.2) is 0 Å². The molecule has 36 heavy (non-hydrogen) atoms. The molecule has 0 saturated heterocycles.